The summed E-state index contributed by atoms with van der Waals surface area (Å²) in [6.07, 6.45) is 0.281. The highest BCUT2D eigenvalue weighted by atomic mass is 16.5. The maximum atomic E-state index is 12.2. The van der Waals surface area contributed by atoms with Crippen LogP contribution < -0.4 is 4.74 Å². The Morgan fingerprint density at radius 3 is 2.15 bits per heavy atom. The Kier molecular flexibility index (Phi) is 5.74. The zero-order valence-corrected chi connectivity index (χ0v) is 12.9. The Balaban J connectivity index is 2.93. The minimum atomic E-state index is -0.533. The molecule has 0 saturated heterocycles. The summed E-state index contributed by atoms with van der Waals surface area (Å²) in [6, 6.07) is 3.54. The third-order valence-electron chi connectivity index (χ3n) is 3.34. The van der Waals surface area contributed by atoms with Crippen LogP contribution in [0.3, 0.4) is 0 Å². The van der Waals surface area contributed by atoms with Crippen LogP contribution in [0.5, 0.6) is 5.75 Å². The molecule has 0 aromatic heterocycles. The second kappa shape index (κ2) is 7.08. The number of hydrogen-bond acceptors (Lipinski definition) is 3. The lowest BCUT2D eigenvalue weighted by atomic mass is 10.1. The molecule has 110 valence electrons. The number of carbonyl (C=O) groups is 2. The van der Waals surface area contributed by atoms with Crippen molar-refractivity contribution in [2.75, 3.05) is 13.1 Å². The van der Waals surface area contributed by atoms with E-state index in [1.165, 1.54) is 0 Å². The molecule has 0 N–H and O–H groups in total. The number of nitrogens with zero attached hydrogens (tertiary/aromatic N) is 1. The SMILES string of the molecule is CCN(CC)C(=O)C(C)Oc1c(C)cc(C=O)cc1C. The fraction of sp³-hybridized carbons (Fsp3) is 0.500. The van der Waals surface area contributed by atoms with E-state index in [-0.39, 0.29) is 5.91 Å². The number of aryl methyl sites for hydroxylation is 2. The quantitative estimate of drug-likeness (QED) is 0.751. The summed E-state index contributed by atoms with van der Waals surface area (Å²) in [6.45, 7) is 10.8. The Labute approximate surface area is 120 Å². The lowest BCUT2D eigenvalue weighted by Gasteiger charge is -2.24. The summed E-state index contributed by atoms with van der Waals surface area (Å²) in [4.78, 5) is 24.8. The van der Waals surface area contributed by atoms with Gasteiger partial charge in [-0.3, -0.25) is 9.59 Å². The van der Waals surface area contributed by atoms with E-state index in [4.69, 9.17) is 4.74 Å². The first kappa shape index (κ1) is 16.2. The van der Waals surface area contributed by atoms with Gasteiger partial charge in [-0.1, -0.05) is 0 Å². The van der Waals surface area contributed by atoms with E-state index >= 15 is 0 Å². The number of likely N-dealkylation sites (N-methyl/N-ethyl adjacent to an activating group) is 1. The van der Waals surface area contributed by atoms with Gasteiger partial charge in [-0.25, -0.2) is 0 Å². The van der Waals surface area contributed by atoms with Crippen LogP contribution in [0.2, 0.25) is 0 Å². The first-order valence-electron chi connectivity index (χ1n) is 6.96. The van der Waals surface area contributed by atoms with E-state index in [1.54, 1.807) is 24.0 Å². The molecular weight excluding hydrogens is 254 g/mol. The molecule has 4 heteroatoms. The normalized spacial score (nSPS) is 11.8. The van der Waals surface area contributed by atoms with Crippen molar-refractivity contribution in [3.05, 3.63) is 28.8 Å². The van der Waals surface area contributed by atoms with Gasteiger partial charge in [0.2, 0.25) is 0 Å². The van der Waals surface area contributed by atoms with Crippen LogP contribution in [0, 0.1) is 13.8 Å². The molecule has 1 aromatic rings. The van der Waals surface area contributed by atoms with Crippen LogP contribution in [0.15, 0.2) is 12.1 Å². The number of aldehydes is 1. The molecule has 0 radical (unpaired) electrons. The van der Waals surface area contributed by atoms with Crippen molar-refractivity contribution >= 4 is 12.2 Å². The predicted octanol–water partition coefficient (Wildman–Crippen LogP) is 2.75. The second-order valence-corrected chi connectivity index (χ2v) is 4.87. The summed E-state index contributed by atoms with van der Waals surface area (Å²) < 4.78 is 5.81. The minimum Gasteiger partial charge on any atom is -0.480 e. The highest BCUT2D eigenvalue weighted by Gasteiger charge is 2.21. The Hall–Kier alpha value is -1.84. The van der Waals surface area contributed by atoms with E-state index < -0.39 is 6.10 Å². The van der Waals surface area contributed by atoms with Gasteiger partial charge in [0, 0.05) is 18.7 Å². The van der Waals surface area contributed by atoms with Crippen LogP contribution in [0.25, 0.3) is 0 Å². The fourth-order valence-electron chi connectivity index (χ4n) is 2.26. The lowest BCUT2D eigenvalue weighted by molar-refractivity contribution is -0.137. The smallest absolute Gasteiger partial charge is 0.263 e. The van der Waals surface area contributed by atoms with Gasteiger partial charge in [0.1, 0.15) is 12.0 Å². The molecule has 1 amide bonds. The van der Waals surface area contributed by atoms with Crippen LogP contribution in [-0.2, 0) is 4.79 Å². The van der Waals surface area contributed by atoms with Gasteiger partial charge in [-0.15, -0.1) is 0 Å². The van der Waals surface area contributed by atoms with E-state index in [9.17, 15) is 9.59 Å². The summed E-state index contributed by atoms with van der Waals surface area (Å²) in [5.41, 5.74) is 2.35. The molecule has 0 bridgehead atoms. The maximum absolute atomic E-state index is 12.2. The third kappa shape index (κ3) is 3.59. The molecule has 0 aliphatic carbocycles. The van der Waals surface area contributed by atoms with Gasteiger partial charge in [-0.2, -0.15) is 0 Å². The van der Waals surface area contributed by atoms with Crippen molar-refractivity contribution in [3.8, 4) is 5.75 Å². The Morgan fingerprint density at radius 2 is 1.75 bits per heavy atom. The van der Waals surface area contributed by atoms with Gasteiger partial charge < -0.3 is 9.64 Å². The number of amides is 1. The highest BCUT2D eigenvalue weighted by molar-refractivity contribution is 5.81. The molecule has 1 unspecified atom stereocenters. The maximum Gasteiger partial charge on any atom is 0.263 e. The van der Waals surface area contributed by atoms with E-state index in [2.05, 4.69) is 0 Å². The van der Waals surface area contributed by atoms with Gasteiger partial charge in [0.05, 0.1) is 0 Å². The van der Waals surface area contributed by atoms with Crippen molar-refractivity contribution in [2.24, 2.45) is 0 Å². The number of ether oxygens (including phenoxy) is 1. The molecule has 0 fully saturated rings. The minimum absolute atomic E-state index is 0.0201. The number of hydrogen-bond donors (Lipinski definition) is 0. The van der Waals surface area contributed by atoms with Crippen molar-refractivity contribution in [1.82, 2.24) is 4.90 Å². The predicted molar refractivity (Wildman–Crippen MR) is 79.3 cm³/mol. The zero-order valence-electron chi connectivity index (χ0n) is 12.9. The lowest BCUT2D eigenvalue weighted by Crippen LogP contribution is -2.40. The molecule has 0 heterocycles. The van der Waals surface area contributed by atoms with Crippen LogP contribution in [0.1, 0.15) is 42.3 Å². The largest absolute Gasteiger partial charge is 0.480 e. The van der Waals surface area contributed by atoms with Gasteiger partial charge in [0.15, 0.2) is 6.10 Å². The van der Waals surface area contributed by atoms with E-state index in [0.717, 1.165) is 17.4 Å². The first-order chi connectivity index (χ1) is 9.44. The molecule has 4 nitrogen and oxygen atoms in total. The fourth-order valence-corrected chi connectivity index (χ4v) is 2.26. The van der Waals surface area contributed by atoms with Crippen LogP contribution in [-0.4, -0.2) is 36.3 Å². The summed E-state index contributed by atoms with van der Waals surface area (Å²) in [7, 11) is 0. The molecule has 0 saturated carbocycles. The molecule has 1 aromatic carbocycles. The first-order valence-corrected chi connectivity index (χ1v) is 6.96. The zero-order chi connectivity index (χ0) is 15.3. The number of carbonyl (C=O) groups excluding carboxylic acids is 2. The van der Waals surface area contributed by atoms with Crippen molar-refractivity contribution in [1.29, 1.82) is 0 Å². The molecular formula is C16H23NO3. The van der Waals surface area contributed by atoms with Crippen LogP contribution in [0.4, 0.5) is 0 Å². The van der Waals surface area contributed by atoms with Gasteiger partial charge in [0.25, 0.3) is 5.91 Å². The number of rotatable bonds is 6. The Bertz CT molecular complexity index is 469. The molecule has 20 heavy (non-hydrogen) atoms. The average molecular weight is 277 g/mol. The molecule has 0 aliphatic heterocycles. The summed E-state index contributed by atoms with van der Waals surface area (Å²) in [5.74, 6) is 0.664. The third-order valence-corrected chi connectivity index (χ3v) is 3.34. The van der Waals surface area contributed by atoms with Gasteiger partial charge >= 0.3 is 0 Å². The van der Waals surface area contributed by atoms with Crippen molar-refractivity contribution in [2.45, 2.75) is 40.7 Å². The van der Waals surface area contributed by atoms with Crippen molar-refractivity contribution < 1.29 is 14.3 Å². The second-order valence-electron chi connectivity index (χ2n) is 4.87. The average Bonchev–Trinajstić information content (AvgIpc) is 2.43. The molecule has 0 aliphatic rings. The van der Waals surface area contributed by atoms with Gasteiger partial charge in [-0.05, 0) is 57.9 Å². The Morgan fingerprint density at radius 1 is 1.25 bits per heavy atom. The van der Waals surface area contributed by atoms with Crippen LogP contribution >= 0.6 is 0 Å². The molecule has 1 rings (SSSR count). The molecule has 0 spiro atoms. The topological polar surface area (TPSA) is 46.6 Å². The van der Waals surface area contributed by atoms with E-state index in [1.807, 2.05) is 27.7 Å². The summed E-state index contributed by atoms with van der Waals surface area (Å²) >= 11 is 0. The standard InChI is InChI=1S/C16H23NO3/c1-6-17(7-2)16(19)13(5)20-15-11(3)8-14(10-18)9-12(15)4/h8-10,13H,6-7H2,1-5H3. The van der Waals surface area contributed by atoms with E-state index in [0.29, 0.717) is 24.4 Å². The highest BCUT2D eigenvalue weighted by Crippen LogP contribution is 2.25. The monoisotopic (exact) mass is 277 g/mol. The van der Waals surface area contributed by atoms with Crippen molar-refractivity contribution in [3.63, 3.8) is 0 Å². The molecule has 1 atom stereocenters. The summed E-state index contributed by atoms with van der Waals surface area (Å²) in [5, 5.41) is 0. The number of benzene rings is 1.